The molecule has 3 rings (SSSR count). The summed E-state index contributed by atoms with van der Waals surface area (Å²) >= 11 is 1.19. The van der Waals surface area contributed by atoms with E-state index in [4.69, 9.17) is 23.0 Å². The second-order valence-corrected chi connectivity index (χ2v) is 8.30. The molecule has 0 aliphatic carbocycles. The van der Waals surface area contributed by atoms with Crippen LogP contribution in [0.3, 0.4) is 0 Å². The van der Waals surface area contributed by atoms with Crippen molar-refractivity contribution in [3.8, 4) is 0 Å². The molecule has 7 nitrogen and oxygen atoms in total. The lowest BCUT2D eigenvalue weighted by atomic mass is 10.1. The van der Waals surface area contributed by atoms with Crippen molar-refractivity contribution in [3.63, 3.8) is 0 Å². The minimum Gasteiger partial charge on any atom is -0.394 e. The first-order valence-corrected chi connectivity index (χ1v) is 11.3. The maximum Gasteiger partial charge on any atom is 0.234 e. The zero-order valence-electron chi connectivity index (χ0n) is 18.7. The molecule has 33 heavy (non-hydrogen) atoms. The predicted molar refractivity (Wildman–Crippen MR) is 132 cm³/mol. The SMILES string of the molecule is [C-]#[N+]c1sc(N=Nc2ccc(N(CCOCCO)Cc3ccccc3)cc2C)c([N+]#[C-])c1C. The van der Waals surface area contributed by atoms with Crippen LogP contribution in [0.25, 0.3) is 9.69 Å². The van der Waals surface area contributed by atoms with Gasteiger partial charge in [0, 0.05) is 18.8 Å². The smallest absolute Gasteiger partial charge is 0.234 e. The second kappa shape index (κ2) is 11.9. The Bertz CT molecular complexity index is 1190. The molecule has 0 radical (unpaired) electrons. The number of aliphatic hydroxyl groups is 1. The van der Waals surface area contributed by atoms with Crippen LogP contribution in [0.5, 0.6) is 0 Å². The molecule has 0 bridgehead atoms. The molecule has 1 heterocycles. The van der Waals surface area contributed by atoms with Gasteiger partial charge in [0.1, 0.15) is 5.00 Å². The van der Waals surface area contributed by atoms with Gasteiger partial charge >= 0.3 is 0 Å². The number of rotatable bonds is 10. The number of ether oxygens (including phenoxy) is 1. The summed E-state index contributed by atoms with van der Waals surface area (Å²) in [6.45, 7) is 20.6. The molecule has 0 saturated carbocycles. The summed E-state index contributed by atoms with van der Waals surface area (Å²) in [4.78, 5) is 9.21. The first-order valence-electron chi connectivity index (χ1n) is 10.5. The van der Waals surface area contributed by atoms with Crippen LogP contribution in [0.4, 0.5) is 27.1 Å². The minimum absolute atomic E-state index is 0.00779. The van der Waals surface area contributed by atoms with Gasteiger partial charge in [-0.25, -0.2) is 9.69 Å². The summed E-state index contributed by atoms with van der Waals surface area (Å²) in [5.74, 6) is 0. The lowest BCUT2D eigenvalue weighted by Crippen LogP contribution is -2.27. The molecule has 0 spiro atoms. The molecule has 0 atom stereocenters. The molecule has 0 fully saturated rings. The lowest BCUT2D eigenvalue weighted by molar-refractivity contribution is 0.0965. The number of aliphatic hydroxyl groups excluding tert-OH is 1. The third kappa shape index (κ3) is 6.24. The Morgan fingerprint density at radius 3 is 2.48 bits per heavy atom. The number of hydrogen-bond donors (Lipinski definition) is 1. The van der Waals surface area contributed by atoms with E-state index in [1.165, 1.54) is 16.9 Å². The fourth-order valence-corrected chi connectivity index (χ4v) is 4.13. The maximum absolute atomic E-state index is 8.96. The van der Waals surface area contributed by atoms with E-state index in [2.05, 4.69) is 43.0 Å². The molecule has 0 amide bonds. The minimum atomic E-state index is 0.00779. The maximum atomic E-state index is 8.96. The largest absolute Gasteiger partial charge is 0.394 e. The number of thiophene rings is 1. The summed E-state index contributed by atoms with van der Waals surface area (Å²) in [5.41, 5.74) is 4.94. The van der Waals surface area contributed by atoms with Crippen LogP contribution in [0.1, 0.15) is 16.7 Å². The van der Waals surface area contributed by atoms with Gasteiger partial charge in [-0.15, -0.1) is 11.3 Å². The molecule has 2 aromatic carbocycles. The fraction of sp³-hybridized carbons (Fsp3) is 0.280. The van der Waals surface area contributed by atoms with Crippen LogP contribution < -0.4 is 4.90 Å². The highest BCUT2D eigenvalue weighted by molar-refractivity contribution is 7.20. The monoisotopic (exact) mass is 459 g/mol. The number of anilines is 1. The topological polar surface area (TPSA) is 66.1 Å². The quantitative estimate of drug-likeness (QED) is 0.204. The first-order chi connectivity index (χ1) is 16.1. The molecule has 0 aliphatic rings. The lowest BCUT2D eigenvalue weighted by Gasteiger charge is -2.25. The highest BCUT2D eigenvalue weighted by Crippen LogP contribution is 2.47. The van der Waals surface area contributed by atoms with Crippen molar-refractivity contribution in [2.75, 3.05) is 31.3 Å². The molecule has 0 aliphatic heterocycles. The summed E-state index contributed by atoms with van der Waals surface area (Å²) in [5, 5.41) is 18.5. The van der Waals surface area contributed by atoms with E-state index >= 15 is 0 Å². The normalized spacial score (nSPS) is 10.8. The van der Waals surface area contributed by atoms with E-state index in [-0.39, 0.29) is 6.61 Å². The number of aryl methyl sites for hydroxylation is 1. The van der Waals surface area contributed by atoms with Crippen molar-refractivity contribution in [2.45, 2.75) is 20.4 Å². The van der Waals surface area contributed by atoms with Crippen LogP contribution in [-0.4, -0.2) is 31.5 Å². The van der Waals surface area contributed by atoms with Crippen molar-refractivity contribution < 1.29 is 9.84 Å². The number of hydrogen-bond acceptors (Lipinski definition) is 6. The van der Waals surface area contributed by atoms with Gasteiger partial charge in [0.2, 0.25) is 10.7 Å². The molecule has 0 unspecified atom stereocenters. The van der Waals surface area contributed by atoms with Crippen LogP contribution in [0.15, 0.2) is 58.8 Å². The van der Waals surface area contributed by atoms with Crippen molar-refractivity contribution in [1.82, 2.24) is 0 Å². The average molecular weight is 460 g/mol. The van der Waals surface area contributed by atoms with Crippen LogP contribution in [0, 0.1) is 27.0 Å². The van der Waals surface area contributed by atoms with E-state index in [0.29, 0.717) is 46.7 Å². The number of benzene rings is 2. The Balaban J connectivity index is 1.82. The predicted octanol–water partition coefficient (Wildman–Crippen LogP) is 6.90. The first kappa shape index (κ1) is 24.1. The molecule has 1 N–H and O–H groups in total. The third-order valence-electron chi connectivity index (χ3n) is 5.04. The van der Waals surface area contributed by atoms with E-state index in [1.54, 1.807) is 6.92 Å². The van der Waals surface area contributed by atoms with Crippen molar-refractivity contribution in [2.24, 2.45) is 10.2 Å². The average Bonchev–Trinajstić information content (AvgIpc) is 3.15. The Labute approximate surface area is 198 Å². The number of azo groups is 1. The molecule has 0 saturated heterocycles. The van der Waals surface area contributed by atoms with Crippen molar-refractivity contribution >= 4 is 38.4 Å². The van der Waals surface area contributed by atoms with Gasteiger partial charge in [-0.3, -0.25) is 0 Å². The third-order valence-corrected chi connectivity index (χ3v) is 6.10. The van der Waals surface area contributed by atoms with Crippen molar-refractivity contribution in [1.29, 1.82) is 0 Å². The zero-order chi connectivity index (χ0) is 23.6. The molecular formula is C25H25N5O2S. The van der Waals surface area contributed by atoms with E-state index in [1.807, 2.05) is 37.3 Å². The van der Waals surface area contributed by atoms with Gasteiger partial charge in [0.05, 0.1) is 38.7 Å². The van der Waals surface area contributed by atoms with E-state index < -0.39 is 0 Å². The van der Waals surface area contributed by atoms with E-state index in [9.17, 15) is 0 Å². The van der Waals surface area contributed by atoms with Crippen LogP contribution in [0.2, 0.25) is 0 Å². The van der Waals surface area contributed by atoms with Gasteiger partial charge in [0.25, 0.3) is 0 Å². The Kier molecular flexibility index (Phi) is 8.68. The van der Waals surface area contributed by atoms with Gasteiger partial charge < -0.3 is 14.7 Å². The highest BCUT2D eigenvalue weighted by atomic mass is 32.1. The Morgan fingerprint density at radius 2 is 1.82 bits per heavy atom. The highest BCUT2D eigenvalue weighted by Gasteiger charge is 2.15. The molecular weight excluding hydrogens is 434 g/mol. The summed E-state index contributed by atoms with van der Waals surface area (Å²) in [7, 11) is 0. The van der Waals surface area contributed by atoms with Crippen molar-refractivity contribution in [3.05, 3.63) is 88.1 Å². The second-order valence-electron chi connectivity index (χ2n) is 7.32. The molecule has 1 aromatic heterocycles. The van der Waals surface area contributed by atoms with Gasteiger partial charge in [-0.2, -0.15) is 10.2 Å². The Morgan fingerprint density at radius 1 is 1.03 bits per heavy atom. The van der Waals surface area contributed by atoms with Crippen LogP contribution >= 0.6 is 11.3 Å². The number of nitrogens with zero attached hydrogens (tertiary/aromatic N) is 5. The Hall–Kier alpha value is -3.56. The summed E-state index contributed by atoms with van der Waals surface area (Å²) in [6.07, 6.45) is 0. The fourth-order valence-electron chi connectivity index (χ4n) is 3.28. The van der Waals surface area contributed by atoms with Crippen LogP contribution in [-0.2, 0) is 11.3 Å². The van der Waals surface area contributed by atoms with Gasteiger partial charge in [0.15, 0.2) is 0 Å². The van der Waals surface area contributed by atoms with E-state index in [0.717, 1.165) is 17.8 Å². The molecule has 3 aromatic rings. The van der Waals surface area contributed by atoms with Gasteiger partial charge in [-0.05, 0) is 41.8 Å². The summed E-state index contributed by atoms with van der Waals surface area (Å²) < 4.78 is 5.49. The molecule has 168 valence electrons. The zero-order valence-corrected chi connectivity index (χ0v) is 19.5. The standard InChI is InChI=1S/C25H25N5O2S/c1-18-16-21(30(12-14-32-15-13-31)17-20-8-6-5-7-9-20)10-11-22(18)28-29-25-23(26-3)19(2)24(27-4)33-25/h5-11,16,31H,12-15,17H2,1-2H3. The summed E-state index contributed by atoms with van der Waals surface area (Å²) in [6, 6.07) is 16.2. The molecule has 8 heteroatoms. The van der Waals surface area contributed by atoms with Gasteiger partial charge in [-0.1, -0.05) is 37.3 Å².